The number of para-hydroxylation sites is 1. The zero-order chi connectivity index (χ0) is 14.7. The molecule has 0 saturated carbocycles. The van der Waals surface area contributed by atoms with E-state index >= 15 is 0 Å². The lowest BCUT2D eigenvalue weighted by molar-refractivity contribution is 0.323. The fraction of sp³-hybridized carbons (Fsp3) is 0.333. The second kappa shape index (κ2) is 6.19. The van der Waals surface area contributed by atoms with E-state index in [4.69, 9.17) is 9.47 Å². The molecule has 0 fully saturated rings. The minimum Gasteiger partial charge on any atom is -0.497 e. The molecular formula is C18H21NO2. The van der Waals surface area contributed by atoms with Crippen molar-refractivity contribution in [1.82, 2.24) is 5.32 Å². The van der Waals surface area contributed by atoms with Crippen molar-refractivity contribution in [2.45, 2.75) is 18.9 Å². The van der Waals surface area contributed by atoms with Crippen LogP contribution in [0.15, 0.2) is 48.5 Å². The highest BCUT2D eigenvalue weighted by molar-refractivity contribution is 5.39. The van der Waals surface area contributed by atoms with Crippen LogP contribution in [0.25, 0.3) is 0 Å². The van der Waals surface area contributed by atoms with Crippen LogP contribution < -0.4 is 14.8 Å². The van der Waals surface area contributed by atoms with Gasteiger partial charge in [-0.15, -0.1) is 0 Å². The summed E-state index contributed by atoms with van der Waals surface area (Å²) in [6.07, 6.45) is 0. The van der Waals surface area contributed by atoms with E-state index in [0.29, 0.717) is 12.0 Å². The van der Waals surface area contributed by atoms with Crippen LogP contribution in [0.1, 0.15) is 30.0 Å². The minimum absolute atomic E-state index is 0.309. The largest absolute Gasteiger partial charge is 0.497 e. The van der Waals surface area contributed by atoms with Gasteiger partial charge in [-0.25, -0.2) is 0 Å². The molecule has 21 heavy (non-hydrogen) atoms. The maximum atomic E-state index is 5.72. The lowest BCUT2D eigenvalue weighted by atomic mass is 10.0. The highest BCUT2D eigenvalue weighted by Crippen LogP contribution is 2.33. The second-order valence-corrected chi connectivity index (χ2v) is 5.45. The Morgan fingerprint density at radius 3 is 2.71 bits per heavy atom. The van der Waals surface area contributed by atoms with Crippen LogP contribution in [0, 0.1) is 0 Å². The molecule has 0 radical (unpaired) electrons. The van der Waals surface area contributed by atoms with Gasteiger partial charge in [-0.3, -0.25) is 0 Å². The molecule has 2 aromatic carbocycles. The molecular weight excluding hydrogens is 262 g/mol. The molecule has 0 aromatic heterocycles. The van der Waals surface area contributed by atoms with Crippen molar-refractivity contribution in [2.24, 2.45) is 0 Å². The van der Waals surface area contributed by atoms with Crippen LogP contribution in [0.5, 0.6) is 11.5 Å². The maximum Gasteiger partial charge on any atom is 0.122 e. The Morgan fingerprint density at radius 2 is 1.95 bits per heavy atom. The molecule has 1 aliphatic heterocycles. The molecule has 0 spiro atoms. The van der Waals surface area contributed by atoms with Crippen LogP contribution in [0.3, 0.4) is 0 Å². The summed E-state index contributed by atoms with van der Waals surface area (Å²) in [6.45, 7) is 3.87. The van der Waals surface area contributed by atoms with Gasteiger partial charge in [0.1, 0.15) is 11.5 Å². The zero-order valence-corrected chi connectivity index (χ0v) is 12.5. The molecule has 1 unspecified atom stereocenters. The van der Waals surface area contributed by atoms with Gasteiger partial charge in [0.05, 0.1) is 13.7 Å². The Morgan fingerprint density at radius 1 is 1.19 bits per heavy atom. The summed E-state index contributed by atoms with van der Waals surface area (Å²) in [7, 11) is 1.69. The molecule has 1 aliphatic rings. The summed E-state index contributed by atoms with van der Waals surface area (Å²) in [4.78, 5) is 0. The lowest BCUT2D eigenvalue weighted by Crippen LogP contribution is -2.25. The van der Waals surface area contributed by atoms with Crippen LogP contribution in [-0.2, 0) is 0 Å². The van der Waals surface area contributed by atoms with Crippen molar-refractivity contribution in [1.29, 1.82) is 0 Å². The molecule has 2 aromatic rings. The Kier molecular flexibility index (Phi) is 4.11. The first-order valence-corrected chi connectivity index (χ1v) is 7.37. The van der Waals surface area contributed by atoms with Crippen molar-refractivity contribution < 1.29 is 9.47 Å². The van der Waals surface area contributed by atoms with Crippen molar-refractivity contribution in [3.8, 4) is 11.5 Å². The fourth-order valence-corrected chi connectivity index (χ4v) is 2.73. The third kappa shape index (κ3) is 3.03. The summed E-state index contributed by atoms with van der Waals surface area (Å²) in [5.41, 5.74) is 2.58. The van der Waals surface area contributed by atoms with E-state index in [9.17, 15) is 0 Å². The maximum absolute atomic E-state index is 5.72. The van der Waals surface area contributed by atoms with Gasteiger partial charge in [0, 0.05) is 24.1 Å². The molecule has 1 heterocycles. The van der Waals surface area contributed by atoms with Gasteiger partial charge in [0.15, 0.2) is 0 Å². The molecule has 3 heteroatoms. The van der Waals surface area contributed by atoms with E-state index in [1.54, 1.807) is 7.11 Å². The molecule has 3 nitrogen and oxygen atoms in total. The van der Waals surface area contributed by atoms with Gasteiger partial charge >= 0.3 is 0 Å². The first-order valence-electron chi connectivity index (χ1n) is 7.37. The third-order valence-electron chi connectivity index (χ3n) is 4.09. The van der Waals surface area contributed by atoms with Crippen molar-refractivity contribution in [3.63, 3.8) is 0 Å². The lowest BCUT2D eigenvalue weighted by Gasteiger charge is -2.17. The van der Waals surface area contributed by atoms with E-state index in [1.807, 2.05) is 24.3 Å². The molecule has 110 valence electrons. The van der Waals surface area contributed by atoms with Gasteiger partial charge in [-0.05, 0) is 30.7 Å². The molecule has 0 bridgehead atoms. The standard InChI is InChI=1S/C18H21NO2/c1-13(14-7-9-16(20-2)10-8-14)19-11-15-12-21-18-6-4-3-5-17(15)18/h3-10,13,15,19H,11-12H2,1-2H3/t13-,15?/m1/s1. The Balaban J connectivity index is 1.60. The SMILES string of the molecule is COc1ccc([C@@H](C)NCC2COc3ccccc32)cc1. The first kappa shape index (κ1) is 14.0. The van der Waals surface area contributed by atoms with Crippen molar-refractivity contribution in [3.05, 3.63) is 59.7 Å². The van der Waals surface area contributed by atoms with Gasteiger partial charge in [0.2, 0.25) is 0 Å². The van der Waals surface area contributed by atoms with Crippen molar-refractivity contribution in [2.75, 3.05) is 20.3 Å². The van der Waals surface area contributed by atoms with Crippen LogP contribution in [-0.4, -0.2) is 20.3 Å². The predicted molar refractivity (Wildman–Crippen MR) is 84.1 cm³/mol. The van der Waals surface area contributed by atoms with Gasteiger partial charge in [0.25, 0.3) is 0 Å². The second-order valence-electron chi connectivity index (χ2n) is 5.45. The summed E-state index contributed by atoms with van der Waals surface area (Å²) < 4.78 is 10.9. The smallest absolute Gasteiger partial charge is 0.122 e. The number of ether oxygens (including phenoxy) is 2. The summed E-state index contributed by atoms with van der Waals surface area (Å²) in [5.74, 6) is 2.35. The number of hydrogen-bond donors (Lipinski definition) is 1. The van der Waals surface area contributed by atoms with Gasteiger partial charge < -0.3 is 14.8 Å². The molecule has 0 aliphatic carbocycles. The van der Waals surface area contributed by atoms with Crippen molar-refractivity contribution >= 4 is 0 Å². The van der Waals surface area contributed by atoms with Crippen LogP contribution >= 0.6 is 0 Å². The molecule has 0 amide bonds. The highest BCUT2D eigenvalue weighted by atomic mass is 16.5. The minimum atomic E-state index is 0.309. The monoisotopic (exact) mass is 283 g/mol. The topological polar surface area (TPSA) is 30.5 Å². The number of hydrogen-bond acceptors (Lipinski definition) is 3. The molecule has 2 atom stereocenters. The molecule has 3 rings (SSSR count). The molecule has 0 saturated heterocycles. The predicted octanol–water partition coefficient (Wildman–Crippen LogP) is 3.52. The average molecular weight is 283 g/mol. The Bertz CT molecular complexity index is 594. The zero-order valence-electron chi connectivity index (χ0n) is 12.5. The summed E-state index contributed by atoms with van der Waals surface area (Å²) >= 11 is 0. The first-order chi connectivity index (χ1) is 10.3. The van der Waals surface area contributed by atoms with Gasteiger partial charge in [-0.2, -0.15) is 0 Å². The van der Waals surface area contributed by atoms with E-state index in [0.717, 1.165) is 24.7 Å². The van der Waals surface area contributed by atoms with Gasteiger partial charge in [-0.1, -0.05) is 30.3 Å². The third-order valence-corrected chi connectivity index (χ3v) is 4.09. The van der Waals surface area contributed by atoms with E-state index in [-0.39, 0.29) is 0 Å². The summed E-state index contributed by atoms with van der Waals surface area (Å²) in [5, 5.41) is 3.60. The number of fused-ring (bicyclic) bond motifs is 1. The van der Waals surface area contributed by atoms with E-state index < -0.39 is 0 Å². The fourth-order valence-electron chi connectivity index (χ4n) is 2.73. The molecule has 1 N–H and O–H groups in total. The number of methoxy groups -OCH3 is 1. The van der Waals surface area contributed by atoms with E-state index in [1.165, 1.54) is 11.1 Å². The quantitative estimate of drug-likeness (QED) is 0.910. The number of nitrogens with one attached hydrogen (secondary N) is 1. The van der Waals surface area contributed by atoms with E-state index in [2.05, 4.69) is 36.5 Å². The number of benzene rings is 2. The Labute approximate surface area is 125 Å². The normalized spacial score (nSPS) is 17.9. The number of rotatable bonds is 5. The van der Waals surface area contributed by atoms with Crippen LogP contribution in [0.2, 0.25) is 0 Å². The highest BCUT2D eigenvalue weighted by Gasteiger charge is 2.23. The van der Waals surface area contributed by atoms with Crippen LogP contribution in [0.4, 0.5) is 0 Å². The average Bonchev–Trinajstić information content (AvgIpc) is 2.96. The Hall–Kier alpha value is -2.00. The summed E-state index contributed by atoms with van der Waals surface area (Å²) in [6, 6.07) is 16.8.